The Labute approximate surface area is 183 Å². The van der Waals surface area contributed by atoms with Crippen molar-refractivity contribution in [3.63, 3.8) is 0 Å². The third kappa shape index (κ3) is 7.31. The number of amides is 1. The van der Waals surface area contributed by atoms with E-state index in [1.54, 1.807) is 0 Å². The Morgan fingerprint density at radius 3 is 2.50 bits per heavy atom. The Balaban J connectivity index is 1.77. The molecule has 168 valence electrons. The van der Waals surface area contributed by atoms with Crippen LogP contribution in [-0.2, 0) is 11.2 Å². The summed E-state index contributed by atoms with van der Waals surface area (Å²) >= 11 is 0. The van der Waals surface area contributed by atoms with Crippen molar-refractivity contribution in [2.45, 2.75) is 45.6 Å². The molecule has 1 aliphatic heterocycles. The molecule has 1 saturated heterocycles. The fourth-order valence-electron chi connectivity index (χ4n) is 4.38. The van der Waals surface area contributed by atoms with E-state index in [2.05, 4.69) is 72.7 Å². The second kappa shape index (κ2) is 12.6. The van der Waals surface area contributed by atoms with Crippen molar-refractivity contribution in [2.75, 3.05) is 47.3 Å². The van der Waals surface area contributed by atoms with Crippen molar-refractivity contribution in [3.05, 3.63) is 35.9 Å². The Bertz CT molecular complexity index is 657. The summed E-state index contributed by atoms with van der Waals surface area (Å²) in [7, 11) is 6.10. The molecule has 2 atom stereocenters. The van der Waals surface area contributed by atoms with E-state index >= 15 is 0 Å². The van der Waals surface area contributed by atoms with E-state index in [-0.39, 0.29) is 5.91 Å². The molecule has 0 saturated carbocycles. The van der Waals surface area contributed by atoms with Gasteiger partial charge in [0.15, 0.2) is 5.96 Å². The molecular formula is C24H41N5O. The van der Waals surface area contributed by atoms with Gasteiger partial charge in [-0.3, -0.25) is 9.79 Å². The summed E-state index contributed by atoms with van der Waals surface area (Å²) in [6, 6.07) is 10.8. The molecule has 2 N–H and O–H groups in total. The number of likely N-dealkylation sites (tertiary alicyclic amines) is 1. The Hall–Kier alpha value is -2.08. The monoisotopic (exact) mass is 415 g/mol. The topological polar surface area (TPSA) is 60.0 Å². The van der Waals surface area contributed by atoms with Crippen LogP contribution in [0.1, 0.15) is 38.7 Å². The van der Waals surface area contributed by atoms with E-state index < -0.39 is 0 Å². The molecular weight excluding hydrogens is 374 g/mol. The molecule has 0 spiro atoms. The minimum atomic E-state index is 0.266. The standard InChI is InChI=1S/C24H41N5O/c1-6-21(7-2)22(28(4)5)17-27-24(25-3)26-16-20-15-23(30)29(18-20)14-13-19-11-9-8-10-12-19/h8-12,20-22H,6-7,13-18H2,1-5H3,(H2,25,26,27). The van der Waals surface area contributed by atoms with E-state index in [1.807, 2.05) is 18.0 Å². The van der Waals surface area contributed by atoms with Gasteiger partial charge >= 0.3 is 0 Å². The van der Waals surface area contributed by atoms with Crippen LogP contribution in [0.4, 0.5) is 0 Å². The van der Waals surface area contributed by atoms with Gasteiger partial charge in [-0.1, -0.05) is 57.0 Å². The van der Waals surface area contributed by atoms with Crippen molar-refractivity contribution >= 4 is 11.9 Å². The summed E-state index contributed by atoms with van der Waals surface area (Å²) in [4.78, 5) is 21.1. The summed E-state index contributed by atoms with van der Waals surface area (Å²) in [6.45, 7) is 7.78. The first-order valence-corrected chi connectivity index (χ1v) is 11.4. The fraction of sp³-hybridized carbons (Fsp3) is 0.667. The largest absolute Gasteiger partial charge is 0.356 e. The number of hydrogen-bond donors (Lipinski definition) is 2. The molecule has 2 unspecified atom stereocenters. The average Bonchev–Trinajstić information content (AvgIpc) is 3.11. The van der Waals surface area contributed by atoms with Gasteiger partial charge in [-0.25, -0.2) is 0 Å². The molecule has 0 aromatic heterocycles. The third-order valence-corrected chi connectivity index (χ3v) is 6.32. The number of carbonyl (C=O) groups excluding carboxylic acids is 1. The maximum atomic E-state index is 12.4. The first-order chi connectivity index (χ1) is 14.5. The van der Waals surface area contributed by atoms with Crippen LogP contribution in [0.25, 0.3) is 0 Å². The van der Waals surface area contributed by atoms with Crippen LogP contribution in [0, 0.1) is 11.8 Å². The van der Waals surface area contributed by atoms with Crippen LogP contribution in [-0.4, -0.2) is 75.0 Å². The molecule has 30 heavy (non-hydrogen) atoms. The van der Waals surface area contributed by atoms with Crippen molar-refractivity contribution in [3.8, 4) is 0 Å². The molecule has 1 aromatic carbocycles. The lowest BCUT2D eigenvalue weighted by Gasteiger charge is -2.32. The second-order valence-corrected chi connectivity index (χ2v) is 8.59. The van der Waals surface area contributed by atoms with Gasteiger partial charge in [0.1, 0.15) is 0 Å². The average molecular weight is 416 g/mol. The predicted molar refractivity (Wildman–Crippen MR) is 126 cm³/mol. The van der Waals surface area contributed by atoms with Crippen LogP contribution in [0.2, 0.25) is 0 Å². The summed E-state index contributed by atoms with van der Waals surface area (Å²) in [5, 5.41) is 6.93. The van der Waals surface area contributed by atoms with E-state index in [0.29, 0.717) is 24.3 Å². The zero-order chi connectivity index (χ0) is 21.9. The van der Waals surface area contributed by atoms with Gasteiger partial charge in [0, 0.05) is 51.6 Å². The maximum absolute atomic E-state index is 12.4. The molecule has 0 radical (unpaired) electrons. The van der Waals surface area contributed by atoms with Crippen molar-refractivity contribution in [1.82, 2.24) is 20.4 Å². The quantitative estimate of drug-likeness (QED) is 0.431. The first kappa shape index (κ1) is 24.2. The number of nitrogens with zero attached hydrogens (tertiary/aromatic N) is 3. The third-order valence-electron chi connectivity index (χ3n) is 6.32. The number of nitrogens with one attached hydrogen (secondary N) is 2. The van der Waals surface area contributed by atoms with E-state index in [4.69, 9.17) is 0 Å². The van der Waals surface area contributed by atoms with Gasteiger partial charge in [-0.2, -0.15) is 0 Å². The highest BCUT2D eigenvalue weighted by Crippen LogP contribution is 2.18. The lowest BCUT2D eigenvalue weighted by atomic mass is 9.93. The van der Waals surface area contributed by atoms with Crippen LogP contribution < -0.4 is 10.6 Å². The smallest absolute Gasteiger partial charge is 0.223 e. The van der Waals surface area contributed by atoms with Gasteiger partial charge in [-0.15, -0.1) is 0 Å². The summed E-state index contributed by atoms with van der Waals surface area (Å²) in [5.74, 6) is 2.08. The van der Waals surface area contributed by atoms with Gasteiger partial charge in [0.2, 0.25) is 5.91 Å². The number of carbonyl (C=O) groups is 1. The summed E-state index contributed by atoms with van der Waals surface area (Å²) < 4.78 is 0. The second-order valence-electron chi connectivity index (χ2n) is 8.59. The lowest BCUT2D eigenvalue weighted by Crippen LogP contribution is -2.48. The lowest BCUT2D eigenvalue weighted by molar-refractivity contribution is -0.127. The molecule has 0 aliphatic carbocycles. The highest BCUT2D eigenvalue weighted by molar-refractivity contribution is 5.80. The Morgan fingerprint density at radius 1 is 1.20 bits per heavy atom. The van der Waals surface area contributed by atoms with E-state index in [9.17, 15) is 4.79 Å². The van der Waals surface area contributed by atoms with Crippen LogP contribution in [0.3, 0.4) is 0 Å². The number of aliphatic imine (C=N–C) groups is 1. The van der Waals surface area contributed by atoms with E-state index in [0.717, 1.165) is 38.6 Å². The molecule has 1 amide bonds. The highest BCUT2D eigenvalue weighted by Gasteiger charge is 2.29. The maximum Gasteiger partial charge on any atom is 0.223 e. The number of rotatable bonds is 11. The molecule has 6 heteroatoms. The number of benzene rings is 1. The van der Waals surface area contributed by atoms with Gasteiger partial charge in [-0.05, 0) is 32.0 Å². The molecule has 1 fully saturated rings. The minimum Gasteiger partial charge on any atom is -0.356 e. The molecule has 1 aliphatic rings. The first-order valence-electron chi connectivity index (χ1n) is 11.4. The van der Waals surface area contributed by atoms with Gasteiger partial charge in [0.05, 0.1) is 0 Å². The van der Waals surface area contributed by atoms with Gasteiger partial charge < -0.3 is 20.4 Å². The fourth-order valence-corrected chi connectivity index (χ4v) is 4.38. The molecule has 1 heterocycles. The number of guanidine groups is 1. The number of likely N-dealkylation sites (N-methyl/N-ethyl adjacent to an activating group) is 1. The van der Waals surface area contributed by atoms with Gasteiger partial charge in [0.25, 0.3) is 0 Å². The van der Waals surface area contributed by atoms with Crippen molar-refractivity contribution in [2.24, 2.45) is 16.8 Å². The molecule has 6 nitrogen and oxygen atoms in total. The predicted octanol–water partition coefficient (Wildman–Crippen LogP) is 2.61. The van der Waals surface area contributed by atoms with Crippen LogP contribution in [0.5, 0.6) is 0 Å². The minimum absolute atomic E-state index is 0.266. The SMILES string of the molecule is CCC(CC)C(CNC(=NC)NCC1CC(=O)N(CCc2ccccc2)C1)N(C)C. The van der Waals surface area contributed by atoms with Crippen LogP contribution >= 0.6 is 0 Å². The zero-order valence-electron chi connectivity index (χ0n) is 19.5. The zero-order valence-corrected chi connectivity index (χ0v) is 19.5. The van der Waals surface area contributed by atoms with E-state index in [1.165, 1.54) is 18.4 Å². The summed E-state index contributed by atoms with van der Waals surface area (Å²) in [6.07, 6.45) is 3.89. The van der Waals surface area contributed by atoms with Crippen molar-refractivity contribution in [1.29, 1.82) is 0 Å². The highest BCUT2D eigenvalue weighted by atomic mass is 16.2. The number of hydrogen-bond acceptors (Lipinski definition) is 3. The Morgan fingerprint density at radius 2 is 1.90 bits per heavy atom. The molecule has 1 aromatic rings. The molecule has 0 bridgehead atoms. The normalized spacial score (nSPS) is 18.4. The van der Waals surface area contributed by atoms with Crippen molar-refractivity contribution < 1.29 is 4.79 Å². The Kier molecular flexibility index (Phi) is 10.1. The van der Waals surface area contributed by atoms with Crippen LogP contribution in [0.15, 0.2) is 35.3 Å². The summed E-state index contributed by atoms with van der Waals surface area (Å²) in [5.41, 5.74) is 1.28. The molecule has 2 rings (SSSR count).